The van der Waals surface area contributed by atoms with E-state index < -0.39 is 0 Å². The molecular formula is C11H23NO2. The first-order valence-electron chi connectivity index (χ1n) is 5.69. The molecule has 0 bridgehead atoms. The van der Waals surface area contributed by atoms with Crippen LogP contribution in [-0.4, -0.2) is 26.0 Å². The van der Waals surface area contributed by atoms with E-state index in [1.54, 1.807) is 0 Å². The smallest absolute Gasteiger partial charge is 0.157 e. The molecule has 1 aliphatic rings. The normalized spacial score (nSPS) is 22.5. The van der Waals surface area contributed by atoms with Gasteiger partial charge in [-0.15, -0.1) is 0 Å². The largest absolute Gasteiger partial charge is 0.352 e. The molecule has 0 saturated carbocycles. The van der Waals surface area contributed by atoms with Gasteiger partial charge in [0.25, 0.3) is 0 Å². The molecule has 0 spiro atoms. The Hall–Kier alpha value is -0.120. The molecule has 2 N–H and O–H groups in total. The van der Waals surface area contributed by atoms with Gasteiger partial charge in [-0.3, -0.25) is 0 Å². The van der Waals surface area contributed by atoms with Crippen LogP contribution in [0.3, 0.4) is 0 Å². The van der Waals surface area contributed by atoms with Gasteiger partial charge in [0.05, 0.1) is 13.2 Å². The fraction of sp³-hybridized carbons (Fsp3) is 1.00. The Morgan fingerprint density at radius 2 is 1.79 bits per heavy atom. The Kier molecular flexibility index (Phi) is 4.85. The summed E-state index contributed by atoms with van der Waals surface area (Å²) in [4.78, 5) is 0. The standard InChI is InChI=1S/C11H23NO2/c1-3-11(4-2)8-13-10(14-9-11)6-5-7-12/h10H,3-9,12H2,1-2H3. The third kappa shape index (κ3) is 2.94. The molecule has 0 aliphatic carbocycles. The van der Waals surface area contributed by atoms with Gasteiger partial charge in [0.15, 0.2) is 6.29 Å². The maximum atomic E-state index is 5.70. The second-order valence-corrected chi connectivity index (χ2v) is 4.19. The second-order valence-electron chi connectivity index (χ2n) is 4.19. The van der Waals surface area contributed by atoms with E-state index in [2.05, 4.69) is 13.8 Å². The van der Waals surface area contributed by atoms with Gasteiger partial charge in [0.1, 0.15) is 0 Å². The molecule has 0 unspecified atom stereocenters. The zero-order chi connectivity index (χ0) is 10.4. The average molecular weight is 201 g/mol. The van der Waals surface area contributed by atoms with Crippen molar-refractivity contribution < 1.29 is 9.47 Å². The van der Waals surface area contributed by atoms with E-state index in [1.165, 1.54) is 0 Å². The van der Waals surface area contributed by atoms with Crippen molar-refractivity contribution in [2.75, 3.05) is 19.8 Å². The van der Waals surface area contributed by atoms with Crippen molar-refractivity contribution in [3.8, 4) is 0 Å². The topological polar surface area (TPSA) is 44.5 Å². The van der Waals surface area contributed by atoms with E-state index in [4.69, 9.17) is 15.2 Å². The fourth-order valence-corrected chi connectivity index (χ4v) is 1.74. The minimum Gasteiger partial charge on any atom is -0.352 e. The SMILES string of the molecule is CCC1(CC)COC(CCCN)OC1. The maximum absolute atomic E-state index is 5.70. The zero-order valence-electron chi connectivity index (χ0n) is 9.42. The summed E-state index contributed by atoms with van der Waals surface area (Å²) in [6.07, 6.45) is 4.17. The van der Waals surface area contributed by atoms with Crippen LogP contribution in [0.2, 0.25) is 0 Å². The van der Waals surface area contributed by atoms with Gasteiger partial charge in [-0.2, -0.15) is 0 Å². The summed E-state index contributed by atoms with van der Waals surface area (Å²) in [6, 6.07) is 0. The minimum atomic E-state index is -0.00947. The lowest BCUT2D eigenvalue weighted by Crippen LogP contribution is -2.41. The van der Waals surface area contributed by atoms with Crippen LogP contribution >= 0.6 is 0 Å². The van der Waals surface area contributed by atoms with Crippen molar-refractivity contribution in [1.29, 1.82) is 0 Å². The van der Waals surface area contributed by atoms with Crippen LogP contribution in [0, 0.1) is 5.41 Å². The van der Waals surface area contributed by atoms with Gasteiger partial charge in [-0.1, -0.05) is 13.8 Å². The molecule has 84 valence electrons. The Labute approximate surface area is 86.9 Å². The summed E-state index contributed by atoms with van der Waals surface area (Å²) in [7, 11) is 0. The quantitative estimate of drug-likeness (QED) is 0.739. The van der Waals surface area contributed by atoms with Gasteiger partial charge < -0.3 is 15.2 Å². The van der Waals surface area contributed by atoms with E-state index in [1.807, 2.05) is 0 Å². The number of ether oxygens (including phenoxy) is 2. The Morgan fingerprint density at radius 3 is 2.21 bits per heavy atom. The highest BCUT2D eigenvalue weighted by atomic mass is 16.7. The molecule has 14 heavy (non-hydrogen) atoms. The third-order valence-electron chi connectivity index (χ3n) is 3.29. The molecule has 1 saturated heterocycles. The summed E-state index contributed by atoms with van der Waals surface area (Å²) in [5.41, 5.74) is 5.70. The molecule has 0 atom stereocenters. The predicted octanol–water partition coefficient (Wildman–Crippen LogP) is 1.90. The van der Waals surface area contributed by atoms with Gasteiger partial charge >= 0.3 is 0 Å². The van der Waals surface area contributed by atoms with Crippen molar-refractivity contribution >= 4 is 0 Å². The molecule has 1 heterocycles. The third-order valence-corrected chi connectivity index (χ3v) is 3.29. The summed E-state index contributed by atoms with van der Waals surface area (Å²) >= 11 is 0. The molecule has 1 fully saturated rings. The summed E-state index contributed by atoms with van der Waals surface area (Å²) in [5, 5.41) is 0. The highest BCUT2D eigenvalue weighted by Crippen LogP contribution is 2.32. The number of hydrogen-bond acceptors (Lipinski definition) is 3. The van der Waals surface area contributed by atoms with E-state index >= 15 is 0 Å². The first-order valence-corrected chi connectivity index (χ1v) is 5.69. The van der Waals surface area contributed by atoms with Gasteiger partial charge in [-0.25, -0.2) is 0 Å². The molecule has 0 radical (unpaired) electrons. The highest BCUT2D eigenvalue weighted by molar-refractivity contribution is 4.78. The van der Waals surface area contributed by atoms with Gasteiger partial charge in [-0.05, 0) is 32.2 Å². The Morgan fingerprint density at radius 1 is 1.21 bits per heavy atom. The van der Waals surface area contributed by atoms with E-state index in [-0.39, 0.29) is 11.7 Å². The fourth-order valence-electron chi connectivity index (χ4n) is 1.74. The van der Waals surface area contributed by atoms with E-state index in [9.17, 15) is 0 Å². The predicted molar refractivity (Wildman–Crippen MR) is 57.0 cm³/mol. The molecule has 3 heteroatoms. The van der Waals surface area contributed by atoms with Crippen LogP contribution in [0.25, 0.3) is 0 Å². The molecular weight excluding hydrogens is 178 g/mol. The lowest BCUT2D eigenvalue weighted by molar-refractivity contribution is -0.233. The lowest BCUT2D eigenvalue weighted by Gasteiger charge is -2.38. The van der Waals surface area contributed by atoms with Crippen LogP contribution in [0.5, 0.6) is 0 Å². The van der Waals surface area contributed by atoms with Gasteiger partial charge in [0, 0.05) is 5.41 Å². The van der Waals surface area contributed by atoms with Crippen molar-refractivity contribution in [1.82, 2.24) is 0 Å². The summed E-state index contributed by atoms with van der Waals surface area (Å²) < 4.78 is 11.4. The van der Waals surface area contributed by atoms with E-state index in [0.717, 1.165) is 45.4 Å². The number of nitrogens with two attached hydrogens (primary N) is 1. The van der Waals surface area contributed by atoms with Crippen LogP contribution in [0.1, 0.15) is 39.5 Å². The molecule has 0 aromatic carbocycles. The first kappa shape index (κ1) is 12.0. The van der Waals surface area contributed by atoms with Crippen molar-refractivity contribution in [3.05, 3.63) is 0 Å². The van der Waals surface area contributed by atoms with Crippen molar-refractivity contribution in [2.24, 2.45) is 11.1 Å². The van der Waals surface area contributed by atoms with Crippen LogP contribution < -0.4 is 5.73 Å². The Bertz CT molecular complexity index is 147. The Balaban J connectivity index is 2.29. The average Bonchev–Trinajstić information content (AvgIpc) is 2.27. The molecule has 0 amide bonds. The molecule has 1 aliphatic heterocycles. The maximum Gasteiger partial charge on any atom is 0.157 e. The van der Waals surface area contributed by atoms with Crippen LogP contribution in [0.4, 0.5) is 0 Å². The first-order chi connectivity index (χ1) is 6.76. The van der Waals surface area contributed by atoms with Crippen LogP contribution in [0.15, 0.2) is 0 Å². The molecule has 3 nitrogen and oxygen atoms in total. The zero-order valence-corrected chi connectivity index (χ0v) is 9.42. The molecule has 1 rings (SSSR count). The minimum absolute atomic E-state index is 0.00947. The number of rotatable bonds is 5. The van der Waals surface area contributed by atoms with Crippen molar-refractivity contribution in [3.63, 3.8) is 0 Å². The lowest BCUT2D eigenvalue weighted by atomic mass is 9.83. The van der Waals surface area contributed by atoms with Gasteiger partial charge in [0.2, 0.25) is 0 Å². The summed E-state index contributed by atoms with van der Waals surface area (Å²) in [6.45, 7) is 6.81. The monoisotopic (exact) mass is 201 g/mol. The van der Waals surface area contributed by atoms with E-state index in [0.29, 0.717) is 0 Å². The number of hydrogen-bond donors (Lipinski definition) is 1. The molecule has 0 aromatic heterocycles. The summed E-state index contributed by atoms with van der Waals surface area (Å²) in [5.74, 6) is 0. The molecule has 0 aromatic rings. The highest BCUT2D eigenvalue weighted by Gasteiger charge is 2.33. The van der Waals surface area contributed by atoms with Crippen molar-refractivity contribution in [2.45, 2.75) is 45.8 Å². The second kappa shape index (κ2) is 5.69. The van der Waals surface area contributed by atoms with Crippen LogP contribution in [-0.2, 0) is 9.47 Å².